The minimum atomic E-state index is -1.88. The Morgan fingerprint density at radius 2 is 2.00 bits per heavy atom. The number of aromatic nitrogens is 2. The Kier molecular flexibility index (Phi) is 7.38. The van der Waals surface area contributed by atoms with Gasteiger partial charge in [0.05, 0.1) is 4.90 Å². The van der Waals surface area contributed by atoms with Gasteiger partial charge < -0.3 is 21.6 Å². The van der Waals surface area contributed by atoms with Crippen LogP contribution in [-0.4, -0.2) is 38.6 Å². The van der Waals surface area contributed by atoms with Crippen molar-refractivity contribution in [2.45, 2.75) is 15.8 Å². The van der Waals surface area contributed by atoms with E-state index in [0.717, 1.165) is 5.56 Å². The molecule has 2 heterocycles. The van der Waals surface area contributed by atoms with Crippen LogP contribution in [0.25, 0.3) is 16.8 Å². The SMILES string of the molecule is NCC(CN)NSc1ccc(-c2cccn3ccnc23)c(/C(N)=N/NN)c1S(N)=O. The molecule has 13 heteroatoms. The number of nitrogens with one attached hydrogen (secondary N) is 2. The zero-order valence-electron chi connectivity index (χ0n) is 16.0. The third kappa shape index (κ3) is 4.46. The van der Waals surface area contributed by atoms with Crippen molar-refractivity contribution in [3.05, 3.63) is 48.4 Å². The van der Waals surface area contributed by atoms with E-state index in [1.54, 1.807) is 12.3 Å². The number of amidine groups is 1. The van der Waals surface area contributed by atoms with E-state index in [1.807, 2.05) is 35.0 Å². The fraction of sp³-hybridized carbons (Fsp3) is 0.176. The smallest absolute Gasteiger partial charge is 0.154 e. The Morgan fingerprint density at radius 1 is 1.23 bits per heavy atom. The molecule has 1 atom stereocenters. The average Bonchev–Trinajstić information content (AvgIpc) is 3.23. The van der Waals surface area contributed by atoms with Crippen LogP contribution < -0.4 is 38.4 Å². The number of hydrogen-bond donors (Lipinski definition) is 7. The standard InChI is InChI=1S/C17H24N10OS2/c18-8-10(9-19)25-29-13-4-3-11(12-2-1-6-27-7-5-23-17(12)27)14(15(13)30(22)28)16(20)24-26-21/h1-7,10,25-26H,8-9,18-19,21-22H2,(H2,20,24). The summed E-state index contributed by atoms with van der Waals surface area (Å²) in [5, 5.41) is 9.75. The molecule has 30 heavy (non-hydrogen) atoms. The molecule has 0 aliphatic heterocycles. The maximum Gasteiger partial charge on any atom is 0.154 e. The third-order valence-corrected chi connectivity index (χ3v) is 6.34. The van der Waals surface area contributed by atoms with Gasteiger partial charge in [-0.1, -0.05) is 6.07 Å². The molecule has 0 spiro atoms. The molecule has 1 unspecified atom stereocenters. The second-order valence-electron chi connectivity index (χ2n) is 6.21. The van der Waals surface area contributed by atoms with Crippen molar-refractivity contribution in [3.63, 3.8) is 0 Å². The zero-order valence-corrected chi connectivity index (χ0v) is 17.6. The lowest BCUT2D eigenvalue weighted by Gasteiger charge is -2.19. The van der Waals surface area contributed by atoms with E-state index in [9.17, 15) is 4.21 Å². The number of hydrazine groups is 1. The van der Waals surface area contributed by atoms with E-state index in [2.05, 4.69) is 20.3 Å². The molecule has 1 aromatic carbocycles. The van der Waals surface area contributed by atoms with Crippen molar-refractivity contribution >= 4 is 34.4 Å². The highest BCUT2D eigenvalue weighted by Crippen LogP contribution is 2.35. The lowest BCUT2D eigenvalue weighted by molar-refractivity contribution is 0.650. The number of pyridine rings is 1. The molecule has 2 aromatic heterocycles. The minimum Gasteiger partial charge on any atom is -0.382 e. The second kappa shape index (κ2) is 9.99. The van der Waals surface area contributed by atoms with Crippen LogP contribution in [-0.2, 0) is 11.0 Å². The molecule has 12 N–H and O–H groups in total. The Balaban J connectivity index is 2.23. The molecule has 3 aromatic rings. The van der Waals surface area contributed by atoms with Crippen LogP contribution in [0.1, 0.15) is 5.56 Å². The van der Waals surface area contributed by atoms with E-state index >= 15 is 0 Å². The predicted octanol–water partition coefficient (Wildman–Crippen LogP) is -1.05. The Morgan fingerprint density at radius 3 is 2.67 bits per heavy atom. The van der Waals surface area contributed by atoms with Crippen LogP contribution >= 0.6 is 11.9 Å². The number of nitrogens with two attached hydrogens (primary N) is 5. The molecule has 0 aliphatic carbocycles. The van der Waals surface area contributed by atoms with Gasteiger partial charge >= 0.3 is 0 Å². The van der Waals surface area contributed by atoms with E-state index < -0.39 is 11.0 Å². The van der Waals surface area contributed by atoms with Crippen LogP contribution in [0.15, 0.2) is 57.7 Å². The number of hydrazone groups is 1. The average molecular weight is 449 g/mol. The lowest BCUT2D eigenvalue weighted by atomic mass is 9.99. The molecule has 0 radical (unpaired) electrons. The molecule has 11 nitrogen and oxygen atoms in total. The van der Waals surface area contributed by atoms with Gasteiger partial charge in [0.15, 0.2) is 5.84 Å². The summed E-state index contributed by atoms with van der Waals surface area (Å²) in [6.45, 7) is 0.691. The maximum atomic E-state index is 12.6. The predicted molar refractivity (Wildman–Crippen MR) is 120 cm³/mol. The first kappa shape index (κ1) is 22.2. The molecule has 0 saturated heterocycles. The van der Waals surface area contributed by atoms with Crippen LogP contribution in [0, 0.1) is 0 Å². The molecular weight excluding hydrogens is 424 g/mol. The highest BCUT2D eigenvalue weighted by Gasteiger charge is 2.23. The summed E-state index contributed by atoms with van der Waals surface area (Å²) >= 11 is 1.23. The molecule has 0 amide bonds. The number of hydrogen-bond acceptors (Lipinski definition) is 9. The molecule has 3 rings (SSSR count). The van der Waals surface area contributed by atoms with E-state index in [0.29, 0.717) is 39.7 Å². The van der Waals surface area contributed by atoms with Gasteiger partial charge in [-0.2, -0.15) is 0 Å². The largest absolute Gasteiger partial charge is 0.382 e. The topological polar surface area (TPSA) is 201 Å². The fourth-order valence-electron chi connectivity index (χ4n) is 2.95. The second-order valence-corrected chi connectivity index (χ2v) is 8.09. The highest BCUT2D eigenvalue weighted by atomic mass is 32.2. The summed E-state index contributed by atoms with van der Waals surface area (Å²) in [4.78, 5) is 5.32. The van der Waals surface area contributed by atoms with Gasteiger partial charge in [-0.25, -0.2) is 25.7 Å². The van der Waals surface area contributed by atoms with Crippen molar-refractivity contribution in [2.24, 2.45) is 33.3 Å². The first-order valence-electron chi connectivity index (χ1n) is 8.88. The quantitative estimate of drug-likeness (QED) is 0.0701. The Bertz CT molecular complexity index is 1080. The van der Waals surface area contributed by atoms with Gasteiger partial charge in [-0.3, -0.25) is 4.72 Å². The number of benzene rings is 1. The van der Waals surface area contributed by atoms with Gasteiger partial charge in [-0.15, -0.1) is 5.10 Å². The summed E-state index contributed by atoms with van der Waals surface area (Å²) in [5.74, 6) is 5.38. The summed E-state index contributed by atoms with van der Waals surface area (Å²) in [7, 11) is -1.88. The molecule has 0 fully saturated rings. The number of nitrogens with zero attached hydrogens (tertiary/aromatic N) is 3. The Hall–Kier alpha value is -2.52. The van der Waals surface area contributed by atoms with Gasteiger partial charge in [0.2, 0.25) is 0 Å². The monoisotopic (exact) mass is 448 g/mol. The number of imidazole rings is 1. The first-order chi connectivity index (χ1) is 14.5. The van der Waals surface area contributed by atoms with Crippen molar-refractivity contribution in [1.29, 1.82) is 0 Å². The van der Waals surface area contributed by atoms with Gasteiger partial charge in [0, 0.05) is 53.7 Å². The van der Waals surface area contributed by atoms with Crippen LogP contribution in [0.3, 0.4) is 0 Å². The third-order valence-electron chi connectivity index (χ3n) is 4.38. The van der Waals surface area contributed by atoms with E-state index in [1.165, 1.54) is 11.9 Å². The number of fused-ring (bicyclic) bond motifs is 1. The molecular formula is C17H24N10OS2. The summed E-state index contributed by atoms with van der Waals surface area (Å²) in [6.07, 6.45) is 5.39. The van der Waals surface area contributed by atoms with E-state index in [4.69, 9.17) is 28.2 Å². The van der Waals surface area contributed by atoms with Crippen molar-refractivity contribution < 1.29 is 4.21 Å². The summed E-state index contributed by atoms with van der Waals surface area (Å²) in [5.41, 5.74) is 22.3. The molecule has 0 saturated carbocycles. The molecule has 0 bridgehead atoms. The maximum absolute atomic E-state index is 12.6. The lowest BCUT2D eigenvalue weighted by Crippen LogP contribution is -2.38. The van der Waals surface area contributed by atoms with Crippen LogP contribution in [0.5, 0.6) is 0 Å². The minimum absolute atomic E-state index is 0.0338. The fourth-order valence-corrected chi connectivity index (χ4v) is 4.82. The first-order valence-corrected chi connectivity index (χ1v) is 10.9. The van der Waals surface area contributed by atoms with Gasteiger partial charge in [0.25, 0.3) is 0 Å². The highest BCUT2D eigenvalue weighted by molar-refractivity contribution is 7.98. The van der Waals surface area contributed by atoms with Crippen LogP contribution in [0.2, 0.25) is 0 Å². The summed E-state index contributed by atoms with van der Waals surface area (Å²) in [6, 6.07) is 7.28. The van der Waals surface area contributed by atoms with Crippen molar-refractivity contribution in [1.82, 2.24) is 19.6 Å². The summed E-state index contributed by atoms with van der Waals surface area (Å²) < 4.78 is 17.6. The number of rotatable bonds is 9. The normalized spacial score (nSPS) is 13.2. The Labute approximate surface area is 180 Å². The molecule has 0 aliphatic rings. The molecule has 160 valence electrons. The van der Waals surface area contributed by atoms with Gasteiger partial charge in [-0.05, 0) is 35.7 Å². The zero-order chi connectivity index (χ0) is 21.7. The van der Waals surface area contributed by atoms with Crippen LogP contribution in [0.4, 0.5) is 0 Å². The van der Waals surface area contributed by atoms with Gasteiger partial charge in [0.1, 0.15) is 16.6 Å². The van der Waals surface area contributed by atoms with E-state index in [-0.39, 0.29) is 11.9 Å². The van der Waals surface area contributed by atoms with Crippen molar-refractivity contribution in [3.8, 4) is 11.1 Å². The van der Waals surface area contributed by atoms with Crippen molar-refractivity contribution in [2.75, 3.05) is 13.1 Å².